The number of phenolic OH excluding ortho intramolecular Hbond substituents is 1. The molecule has 0 aromatic heterocycles. The Kier molecular flexibility index (Phi) is 10.2. The fourth-order valence-electron chi connectivity index (χ4n) is 9.20. The summed E-state index contributed by atoms with van der Waals surface area (Å²) in [6.45, 7) is 0.0197. The standard InChI is InChI=1S/C43H28F12N2O6/c44-40(45,46)20-10-21(41(47,48)49)13-24(12-20)56-36(59)29-9-8-27-30(34(29)38(56)61)17-31-35(33(27)28-7-6-26(16-32(28)58)63-18-19-4-2-1-3-5-19)39(62)57(37(31)60)25-14-22(42(50,51)52)11-23(15-25)43(53,54)55/h1-8,10-16,29-31,33-35,58H,9,17-18H2/t29-,30+,31+,33+,34-,35+/m0/s1. The van der Waals surface area contributed by atoms with E-state index in [1.54, 1.807) is 30.3 Å². The van der Waals surface area contributed by atoms with Crippen molar-refractivity contribution >= 4 is 35.0 Å². The van der Waals surface area contributed by atoms with Gasteiger partial charge in [-0.3, -0.25) is 19.2 Å². The van der Waals surface area contributed by atoms with E-state index in [0.29, 0.717) is 0 Å². The van der Waals surface area contributed by atoms with Crippen LogP contribution in [0.2, 0.25) is 0 Å². The minimum Gasteiger partial charge on any atom is -0.508 e. The maximum atomic E-state index is 14.5. The van der Waals surface area contributed by atoms with Gasteiger partial charge < -0.3 is 9.84 Å². The Morgan fingerprint density at radius 2 is 1.03 bits per heavy atom. The zero-order valence-corrected chi connectivity index (χ0v) is 31.7. The van der Waals surface area contributed by atoms with Crippen molar-refractivity contribution in [3.05, 3.63) is 130 Å². The van der Waals surface area contributed by atoms with Gasteiger partial charge >= 0.3 is 24.7 Å². The molecule has 63 heavy (non-hydrogen) atoms. The van der Waals surface area contributed by atoms with Crippen LogP contribution in [0.25, 0.3) is 0 Å². The first-order valence-corrected chi connectivity index (χ1v) is 18.9. The summed E-state index contributed by atoms with van der Waals surface area (Å²) in [6, 6.07) is 12.9. The molecule has 8 nitrogen and oxygen atoms in total. The predicted octanol–water partition coefficient (Wildman–Crippen LogP) is 10.1. The molecule has 0 spiro atoms. The van der Waals surface area contributed by atoms with E-state index in [0.717, 1.165) is 11.6 Å². The number of ether oxygens (including phenoxy) is 1. The van der Waals surface area contributed by atoms with Gasteiger partial charge in [-0.05, 0) is 66.8 Å². The minimum atomic E-state index is -5.39. The van der Waals surface area contributed by atoms with Crippen LogP contribution in [0, 0.1) is 29.6 Å². The average molecular weight is 897 g/mol. The summed E-state index contributed by atoms with van der Waals surface area (Å²) in [7, 11) is 0. The Balaban J connectivity index is 1.23. The maximum Gasteiger partial charge on any atom is 0.416 e. The second kappa shape index (κ2) is 14.9. The smallest absolute Gasteiger partial charge is 0.416 e. The van der Waals surface area contributed by atoms with Gasteiger partial charge in [0.25, 0.3) is 0 Å². The summed E-state index contributed by atoms with van der Waals surface area (Å²) < 4.78 is 173. The number of hydrogen-bond donors (Lipinski definition) is 1. The highest BCUT2D eigenvalue weighted by Crippen LogP contribution is 2.60. The Morgan fingerprint density at radius 1 is 0.556 bits per heavy atom. The number of allylic oxidation sites excluding steroid dienone is 2. The number of carbonyl (C=O) groups is 4. The molecule has 2 aliphatic heterocycles. The van der Waals surface area contributed by atoms with E-state index in [9.17, 15) is 77.0 Å². The Morgan fingerprint density at radius 3 is 1.51 bits per heavy atom. The summed E-state index contributed by atoms with van der Waals surface area (Å²) in [4.78, 5) is 57.4. The zero-order chi connectivity index (χ0) is 45.7. The maximum absolute atomic E-state index is 14.5. The molecule has 8 rings (SSSR count). The highest BCUT2D eigenvalue weighted by Gasteiger charge is 2.63. The number of imide groups is 2. The van der Waals surface area contributed by atoms with Crippen molar-refractivity contribution in [3.8, 4) is 11.5 Å². The molecule has 1 saturated carbocycles. The molecule has 3 fully saturated rings. The molecule has 6 atom stereocenters. The molecule has 2 aliphatic carbocycles. The second-order valence-corrected chi connectivity index (χ2v) is 15.6. The number of phenols is 1. The molecule has 4 aromatic rings. The van der Waals surface area contributed by atoms with Gasteiger partial charge in [-0.2, -0.15) is 52.7 Å². The topological polar surface area (TPSA) is 104 Å². The molecule has 4 aliphatic rings. The molecule has 2 saturated heterocycles. The van der Waals surface area contributed by atoms with E-state index in [2.05, 4.69) is 0 Å². The predicted molar refractivity (Wildman–Crippen MR) is 194 cm³/mol. The van der Waals surface area contributed by atoms with Crippen LogP contribution in [0.5, 0.6) is 11.5 Å². The number of alkyl halides is 12. The molecular weight excluding hydrogens is 868 g/mol. The highest BCUT2D eigenvalue weighted by atomic mass is 19.4. The van der Waals surface area contributed by atoms with E-state index >= 15 is 0 Å². The van der Waals surface area contributed by atoms with Crippen molar-refractivity contribution in [3.63, 3.8) is 0 Å². The van der Waals surface area contributed by atoms with E-state index in [4.69, 9.17) is 4.74 Å². The Labute approximate surface area is 347 Å². The van der Waals surface area contributed by atoms with Gasteiger partial charge in [-0.1, -0.05) is 48.0 Å². The lowest BCUT2D eigenvalue weighted by Gasteiger charge is -2.44. The fraction of sp³-hybridized carbons (Fsp3) is 0.302. The highest BCUT2D eigenvalue weighted by molar-refractivity contribution is 6.24. The summed E-state index contributed by atoms with van der Waals surface area (Å²) in [6.07, 6.45) is -21.1. The van der Waals surface area contributed by atoms with Crippen molar-refractivity contribution in [1.82, 2.24) is 0 Å². The number of anilines is 2. The first-order chi connectivity index (χ1) is 29.3. The van der Waals surface area contributed by atoms with Crippen LogP contribution >= 0.6 is 0 Å². The number of amides is 4. The largest absolute Gasteiger partial charge is 0.508 e. The van der Waals surface area contributed by atoms with Crippen molar-refractivity contribution in [1.29, 1.82) is 0 Å². The van der Waals surface area contributed by atoms with E-state index in [-0.39, 0.29) is 76.1 Å². The molecule has 2 heterocycles. The van der Waals surface area contributed by atoms with Crippen LogP contribution < -0.4 is 14.5 Å². The number of hydrogen-bond acceptors (Lipinski definition) is 6. The van der Waals surface area contributed by atoms with Crippen LogP contribution in [-0.2, 0) is 50.5 Å². The molecule has 330 valence electrons. The number of fused-ring (bicyclic) bond motifs is 4. The number of aromatic hydroxyl groups is 1. The Hall–Kier alpha value is -6.34. The quantitative estimate of drug-likeness (QED) is 0.117. The van der Waals surface area contributed by atoms with E-state index < -0.39 is 130 Å². The third-order valence-corrected chi connectivity index (χ3v) is 11.9. The number of benzene rings is 4. The van der Waals surface area contributed by atoms with Gasteiger partial charge in [0, 0.05) is 17.5 Å². The van der Waals surface area contributed by atoms with E-state index in [1.807, 2.05) is 0 Å². The van der Waals surface area contributed by atoms with Crippen LogP contribution in [-0.4, -0.2) is 28.7 Å². The van der Waals surface area contributed by atoms with Crippen molar-refractivity contribution < 1.29 is 81.7 Å². The van der Waals surface area contributed by atoms with Gasteiger partial charge in [-0.15, -0.1) is 0 Å². The van der Waals surface area contributed by atoms with Crippen LogP contribution in [0.4, 0.5) is 64.1 Å². The normalized spacial score (nSPS) is 24.0. The fourth-order valence-corrected chi connectivity index (χ4v) is 9.20. The zero-order valence-electron chi connectivity index (χ0n) is 31.7. The molecule has 0 unspecified atom stereocenters. The van der Waals surface area contributed by atoms with Gasteiger partial charge in [-0.25, -0.2) is 9.80 Å². The Bertz CT molecular complexity index is 2520. The third kappa shape index (κ3) is 7.66. The molecule has 1 N–H and O–H groups in total. The van der Waals surface area contributed by atoms with Gasteiger partial charge in [0.15, 0.2) is 0 Å². The summed E-state index contributed by atoms with van der Waals surface area (Å²) >= 11 is 0. The lowest BCUT2D eigenvalue weighted by atomic mass is 9.57. The molecule has 4 amide bonds. The monoisotopic (exact) mass is 896 g/mol. The molecule has 0 bridgehead atoms. The van der Waals surface area contributed by atoms with Crippen LogP contribution in [0.1, 0.15) is 52.1 Å². The number of nitrogens with zero attached hydrogens (tertiary/aromatic N) is 2. The van der Waals surface area contributed by atoms with Crippen LogP contribution in [0.15, 0.2) is 96.6 Å². The molecule has 0 radical (unpaired) electrons. The molecular formula is C43H28F12N2O6. The second-order valence-electron chi connectivity index (χ2n) is 15.6. The first kappa shape index (κ1) is 43.3. The first-order valence-electron chi connectivity index (χ1n) is 18.9. The average Bonchev–Trinajstić information content (AvgIpc) is 3.61. The number of rotatable bonds is 6. The van der Waals surface area contributed by atoms with E-state index in [1.165, 1.54) is 18.2 Å². The lowest BCUT2D eigenvalue weighted by Crippen LogP contribution is -2.43. The van der Waals surface area contributed by atoms with Gasteiger partial charge in [0.05, 0.1) is 57.3 Å². The third-order valence-electron chi connectivity index (χ3n) is 11.9. The lowest BCUT2D eigenvalue weighted by molar-refractivity contribution is -0.144. The van der Waals surface area contributed by atoms with Crippen molar-refractivity contribution in [2.75, 3.05) is 9.80 Å². The summed E-state index contributed by atoms with van der Waals surface area (Å²) in [5.41, 5.74) is -8.77. The summed E-state index contributed by atoms with van der Waals surface area (Å²) in [5.74, 6) is -14.6. The van der Waals surface area contributed by atoms with Crippen molar-refractivity contribution in [2.45, 2.75) is 50.1 Å². The van der Waals surface area contributed by atoms with Gasteiger partial charge in [0.1, 0.15) is 18.1 Å². The summed E-state index contributed by atoms with van der Waals surface area (Å²) in [5, 5.41) is 11.5. The SMILES string of the molecule is O=C1[C@H]2[C@H](CC=C3[C@H]2C[C@H]2C(=O)N(c4cc(C(F)(F)F)cc(C(F)(F)F)c4)C(=O)[C@H]2[C@H]3c2ccc(OCc3ccccc3)cc2O)C(=O)N1c1cc(C(F)(F)F)cc(C(F)(F)F)c1. The molecule has 4 aromatic carbocycles. The number of carbonyl (C=O) groups excluding carboxylic acids is 4. The number of halogens is 12. The van der Waals surface area contributed by atoms with Crippen molar-refractivity contribution in [2.24, 2.45) is 29.6 Å². The van der Waals surface area contributed by atoms with Gasteiger partial charge in [0.2, 0.25) is 23.6 Å². The minimum absolute atomic E-state index is 0.0197. The van der Waals surface area contributed by atoms with Crippen LogP contribution in [0.3, 0.4) is 0 Å². The molecule has 20 heteroatoms.